The lowest BCUT2D eigenvalue weighted by Crippen LogP contribution is -2.11. The number of hydrogen-bond acceptors (Lipinski definition) is 4. The van der Waals surface area contributed by atoms with E-state index < -0.39 is 0 Å². The SMILES string of the molecule is CCc1[nH]nc(-c2cc3cnccc3c(-c3cc(C(C)(C)C)[nH]n3)n2)c1C. The first-order valence-electron chi connectivity index (χ1n) is 9.23. The first-order chi connectivity index (χ1) is 12.9. The van der Waals surface area contributed by atoms with Gasteiger partial charge in [0, 0.05) is 40.0 Å². The molecule has 0 fully saturated rings. The second-order valence-corrected chi connectivity index (χ2v) is 7.90. The van der Waals surface area contributed by atoms with Crippen molar-refractivity contribution >= 4 is 10.8 Å². The zero-order valence-electron chi connectivity index (χ0n) is 16.4. The van der Waals surface area contributed by atoms with Crippen LogP contribution >= 0.6 is 0 Å². The van der Waals surface area contributed by atoms with E-state index in [-0.39, 0.29) is 5.41 Å². The third-order valence-corrected chi connectivity index (χ3v) is 4.97. The summed E-state index contributed by atoms with van der Waals surface area (Å²) in [4.78, 5) is 9.24. The molecule has 0 saturated carbocycles. The summed E-state index contributed by atoms with van der Waals surface area (Å²) < 4.78 is 0. The predicted octanol–water partition coefficient (Wildman–Crippen LogP) is 4.58. The fourth-order valence-electron chi connectivity index (χ4n) is 3.27. The summed E-state index contributed by atoms with van der Waals surface area (Å²) in [6, 6.07) is 6.12. The topological polar surface area (TPSA) is 83.1 Å². The third-order valence-electron chi connectivity index (χ3n) is 4.97. The minimum atomic E-state index is -0.00493. The molecule has 6 nitrogen and oxygen atoms in total. The molecule has 4 heterocycles. The van der Waals surface area contributed by atoms with Crippen molar-refractivity contribution in [1.29, 1.82) is 0 Å². The van der Waals surface area contributed by atoms with Gasteiger partial charge in [-0.25, -0.2) is 4.98 Å². The van der Waals surface area contributed by atoms with Crippen LogP contribution in [0.3, 0.4) is 0 Å². The Balaban J connectivity index is 1.94. The number of aryl methyl sites for hydroxylation is 1. The normalized spacial score (nSPS) is 12.0. The molecule has 0 spiro atoms. The largest absolute Gasteiger partial charge is 0.282 e. The summed E-state index contributed by atoms with van der Waals surface area (Å²) in [7, 11) is 0. The molecule has 6 heteroatoms. The molecule has 0 radical (unpaired) electrons. The maximum atomic E-state index is 4.95. The quantitative estimate of drug-likeness (QED) is 0.560. The van der Waals surface area contributed by atoms with Gasteiger partial charge in [0.1, 0.15) is 11.4 Å². The number of rotatable bonds is 3. The van der Waals surface area contributed by atoms with Crippen LogP contribution in [-0.2, 0) is 11.8 Å². The van der Waals surface area contributed by atoms with Crippen LogP contribution in [0.2, 0.25) is 0 Å². The van der Waals surface area contributed by atoms with Gasteiger partial charge in [-0.2, -0.15) is 10.2 Å². The zero-order chi connectivity index (χ0) is 19.2. The highest BCUT2D eigenvalue weighted by atomic mass is 15.1. The van der Waals surface area contributed by atoms with Gasteiger partial charge in [-0.1, -0.05) is 27.7 Å². The van der Waals surface area contributed by atoms with Crippen LogP contribution in [0, 0.1) is 6.92 Å². The molecule has 0 aliphatic carbocycles. The minimum absolute atomic E-state index is 0.00493. The highest BCUT2D eigenvalue weighted by Gasteiger charge is 2.20. The Morgan fingerprint density at radius 3 is 2.48 bits per heavy atom. The zero-order valence-corrected chi connectivity index (χ0v) is 16.4. The van der Waals surface area contributed by atoms with Crippen molar-refractivity contribution < 1.29 is 0 Å². The molecule has 0 amide bonds. The molecule has 0 aromatic carbocycles. The van der Waals surface area contributed by atoms with E-state index in [0.717, 1.165) is 56.9 Å². The molecule has 0 atom stereocenters. The highest BCUT2D eigenvalue weighted by Crippen LogP contribution is 2.32. The van der Waals surface area contributed by atoms with E-state index in [4.69, 9.17) is 4.98 Å². The molecule has 27 heavy (non-hydrogen) atoms. The third kappa shape index (κ3) is 3.01. The number of H-pyrrole nitrogens is 2. The van der Waals surface area contributed by atoms with E-state index >= 15 is 0 Å². The molecule has 0 bridgehead atoms. The van der Waals surface area contributed by atoms with Crippen molar-refractivity contribution in [3.63, 3.8) is 0 Å². The van der Waals surface area contributed by atoms with E-state index in [1.807, 2.05) is 18.3 Å². The van der Waals surface area contributed by atoms with Crippen molar-refractivity contribution in [2.45, 2.75) is 46.5 Å². The highest BCUT2D eigenvalue weighted by molar-refractivity contribution is 5.95. The van der Waals surface area contributed by atoms with Crippen LogP contribution in [-0.4, -0.2) is 30.4 Å². The molecular formula is C21H24N6. The summed E-state index contributed by atoms with van der Waals surface area (Å²) in [6.07, 6.45) is 4.57. The van der Waals surface area contributed by atoms with Crippen LogP contribution in [0.25, 0.3) is 33.5 Å². The summed E-state index contributed by atoms with van der Waals surface area (Å²) in [5.74, 6) is 0. The van der Waals surface area contributed by atoms with Crippen LogP contribution in [0.15, 0.2) is 30.6 Å². The van der Waals surface area contributed by atoms with Crippen LogP contribution in [0.1, 0.15) is 44.6 Å². The summed E-state index contributed by atoms with van der Waals surface area (Å²) in [5, 5.41) is 17.4. The Labute approximate surface area is 158 Å². The van der Waals surface area contributed by atoms with Gasteiger partial charge in [-0.3, -0.25) is 15.2 Å². The van der Waals surface area contributed by atoms with Crippen molar-refractivity contribution in [2.75, 3.05) is 0 Å². The van der Waals surface area contributed by atoms with E-state index in [2.05, 4.69) is 66.1 Å². The lowest BCUT2D eigenvalue weighted by atomic mass is 9.92. The number of nitrogens with zero attached hydrogens (tertiary/aromatic N) is 4. The van der Waals surface area contributed by atoms with E-state index in [1.54, 1.807) is 6.20 Å². The molecule has 0 saturated heterocycles. The Hall–Kier alpha value is -3.02. The van der Waals surface area contributed by atoms with Crippen LogP contribution in [0.4, 0.5) is 0 Å². The summed E-state index contributed by atoms with van der Waals surface area (Å²) >= 11 is 0. The number of fused-ring (bicyclic) bond motifs is 1. The molecule has 4 rings (SSSR count). The van der Waals surface area contributed by atoms with Crippen molar-refractivity contribution in [1.82, 2.24) is 30.4 Å². The number of nitrogens with one attached hydrogen (secondary N) is 2. The van der Waals surface area contributed by atoms with Crippen molar-refractivity contribution in [3.05, 3.63) is 47.5 Å². The Bertz CT molecular complexity index is 1110. The van der Waals surface area contributed by atoms with Gasteiger partial charge in [0.2, 0.25) is 0 Å². The average molecular weight is 360 g/mol. The summed E-state index contributed by atoms with van der Waals surface area (Å²) in [5.41, 5.74) is 6.74. The number of aromatic nitrogens is 6. The molecular weight excluding hydrogens is 336 g/mol. The second kappa shape index (κ2) is 6.30. The Morgan fingerprint density at radius 2 is 1.81 bits per heavy atom. The lowest BCUT2D eigenvalue weighted by Gasteiger charge is -2.14. The van der Waals surface area contributed by atoms with Crippen molar-refractivity contribution in [3.8, 4) is 22.8 Å². The number of pyridine rings is 2. The van der Waals surface area contributed by atoms with E-state index in [0.29, 0.717) is 0 Å². The second-order valence-electron chi connectivity index (χ2n) is 7.90. The van der Waals surface area contributed by atoms with Gasteiger partial charge >= 0.3 is 0 Å². The monoisotopic (exact) mass is 360 g/mol. The van der Waals surface area contributed by atoms with Gasteiger partial charge in [0.05, 0.1) is 11.4 Å². The molecule has 2 N–H and O–H groups in total. The number of aromatic amines is 2. The van der Waals surface area contributed by atoms with Gasteiger partial charge in [0.15, 0.2) is 0 Å². The maximum absolute atomic E-state index is 4.95. The van der Waals surface area contributed by atoms with Gasteiger partial charge in [-0.05, 0) is 37.1 Å². The first-order valence-corrected chi connectivity index (χ1v) is 9.23. The number of hydrogen-bond donors (Lipinski definition) is 2. The molecule has 138 valence electrons. The Morgan fingerprint density at radius 1 is 1.00 bits per heavy atom. The Kier molecular flexibility index (Phi) is 4.06. The maximum Gasteiger partial charge on any atom is 0.114 e. The molecule has 0 unspecified atom stereocenters. The summed E-state index contributed by atoms with van der Waals surface area (Å²) in [6.45, 7) is 10.7. The molecule has 0 aliphatic rings. The van der Waals surface area contributed by atoms with Crippen LogP contribution in [0.5, 0.6) is 0 Å². The molecule has 4 aromatic heterocycles. The van der Waals surface area contributed by atoms with Crippen LogP contribution < -0.4 is 0 Å². The van der Waals surface area contributed by atoms with E-state index in [9.17, 15) is 0 Å². The van der Waals surface area contributed by atoms with Gasteiger partial charge < -0.3 is 0 Å². The standard InChI is InChI=1S/C21H24N6/c1-6-15-12(2)19(27-24-15)16-9-13-11-22-8-7-14(13)20(23-16)17-10-18(26-25-17)21(3,4)5/h7-11H,6H2,1-5H3,(H,24,27)(H,25,26). The van der Waals surface area contributed by atoms with Crippen molar-refractivity contribution in [2.24, 2.45) is 0 Å². The minimum Gasteiger partial charge on any atom is -0.282 e. The average Bonchev–Trinajstić information content (AvgIpc) is 3.27. The van der Waals surface area contributed by atoms with E-state index in [1.165, 1.54) is 0 Å². The first kappa shape index (κ1) is 17.4. The lowest BCUT2D eigenvalue weighted by molar-refractivity contribution is 0.567. The predicted molar refractivity (Wildman–Crippen MR) is 108 cm³/mol. The smallest absolute Gasteiger partial charge is 0.114 e. The van der Waals surface area contributed by atoms with Gasteiger partial charge in [-0.15, -0.1) is 0 Å². The molecule has 4 aromatic rings. The van der Waals surface area contributed by atoms with Gasteiger partial charge in [0.25, 0.3) is 0 Å². The molecule has 0 aliphatic heterocycles. The fourth-order valence-corrected chi connectivity index (χ4v) is 3.27. The fraction of sp³-hybridized carbons (Fsp3) is 0.333.